The number of amides is 2. The highest BCUT2D eigenvalue weighted by Crippen LogP contribution is 2.23. The molecular weight excluding hydrogens is 402 g/mol. The van der Waals surface area contributed by atoms with Crippen molar-refractivity contribution in [2.75, 3.05) is 6.54 Å². The van der Waals surface area contributed by atoms with Crippen molar-refractivity contribution in [3.05, 3.63) is 102 Å². The van der Waals surface area contributed by atoms with Crippen molar-refractivity contribution in [1.82, 2.24) is 15.6 Å². The van der Waals surface area contributed by atoms with E-state index < -0.39 is 0 Å². The summed E-state index contributed by atoms with van der Waals surface area (Å²) in [6.07, 6.45) is 2.83. The summed E-state index contributed by atoms with van der Waals surface area (Å²) < 4.78 is 5.66. The molecule has 162 valence electrons. The molecule has 2 aromatic carbocycles. The maximum Gasteiger partial charge on any atom is 0.269 e. The number of hydrogen-bond acceptors (Lipinski definition) is 4. The number of aromatic nitrogens is 1. The van der Waals surface area contributed by atoms with E-state index in [9.17, 15) is 9.59 Å². The Hall–Kier alpha value is -3.93. The second-order valence-electron chi connectivity index (χ2n) is 7.69. The largest absolute Gasteiger partial charge is 0.461 e. The van der Waals surface area contributed by atoms with Gasteiger partial charge in [0.05, 0.1) is 5.56 Å². The van der Waals surface area contributed by atoms with Gasteiger partial charge in [-0.3, -0.25) is 14.6 Å². The van der Waals surface area contributed by atoms with Crippen molar-refractivity contribution in [3.8, 4) is 0 Å². The SMILES string of the molecule is Cc1cc2c(C(=O)NC(CCNC(=O)c3ccccn3)Cc3ccccc3)cccc2o1. The lowest BCUT2D eigenvalue weighted by molar-refractivity contribution is 0.0934. The predicted octanol–water partition coefficient (Wildman–Crippen LogP) is 4.30. The van der Waals surface area contributed by atoms with Crippen LogP contribution in [0.3, 0.4) is 0 Å². The zero-order chi connectivity index (χ0) is 22.3. The number of carbonyl (C=O) groups is 2. The smallest absolute Gasteiger partial charge is 0.269 e. The topological polar surface area (TPSA) is 84.2 Å². The van der Waals surface area contributed by atoms with Crippen LogP contribution in [0.2, 0.25) is 0 Å². The molecule has 6 heteroatoms. The van der Waals surface area contributed by atoms with Crippen molar-refractivity contribution in [3.63, 3.8) is 0 Å². The third kappa shape index (κ3) is 5.21. The highest BCUT2D eigenvalue weighted by Gasteiger charge is 2.18. The predicted molar refractivity (Wildman–Crippen MR) is 124 cm³/mol. The van der Waals surface area contributed by atoms with E-state index in [4.69, 9.17) is 4.42 Å². The molecule has 6 nitrogen and oxygen atoms in total. The van der Waals surface area contributed by atoms with Crippen molar-refractivity contribution < 1.29 is 14.0 Å². The van der Waals surface area contributed by atoms with Gasteiger partial charge < -0.3 is 15.1 Å². The van der Waals surface area contributed by atoms with Crippen LogP contribution in [-0.4, -0.2) is 29.4 Å². The van der Waals surface area contributed by atoms with Gasteiger partial charge in [0.2, 0.25) is 0 Å². The minimum atomic E-state index is -0.228. The minimum Gasteiger partial charge on any atom is -0.461 e. The van der Waals surface area contributed by atoms with E-state index in [2.05, 4.69) is 15.6 Å². The summed E-state index contributed by atoms with van der Waals surface area (Å²) in [5.41, 5.74) is 2.76. The summed E-state index contributed by atoms with van der Waals surface area (Å²) in [4.78, 5) is 29.5. The van der Waals surface area contributed by atoms with Gasteiger partial charge in [-0.05, 0) is 55.7 Å². The van der Waals surface area contributed by atoms with E-state index in [0.717, 1.165) is 16.7 Å². The lowest BCUT2D eigenvalue weighted by Crippen LogP contribution is -2.39. The second kappa shape index (κ2) is 9.92. The molecule has 4 rings (SSSR count). The molecule has 0 aliphatic rings. The van der Waals surface area contributed by atoms with Gasteiger partial charge in [-0.25, -0.2) is 0 Å². The second-order valence-corrected chi connectivity index (χ2v) is 7.69. The molecule has 4 aromatic rings. The van der Waals surface area contributed by atoms with Crippen LogP contribution in [0, 0.1) is 6.92 Å². The summed E-state index contributed by atoms with van der Waals surface area (Å²) in [6.45, 7) is 2.28. The van der Waals surface area contributed by atoms with E-state index in [1.54, 1.807) is 30.5 Å². The fourth-order valence-electron chi connectivity index (χ4n) is 3.72. The maximum absolute atomic E-state index is 13.1. The number of fused-ring (bicyclic) bond motifs is 1. The number of nitrogens with one attached hydrogen (secondary N) is 2. The molecule has 0 aliphatic heterocycles. The van der Waals surface area contributed by atoms with Gasteiger partial charge in [0, 0.05) is 24.2 Å². The Morgan fingerprint density at radius 1 is 0.969 bits per heavy atom. The van der Waals surface area contributed by atoms with Crippen LogP contribution in [0.15, 0.2) is 83.4 Å². The van der Waals surface area contributed by atoms with Crippen LogP contribution in [0.5, 0.6) is 0 Å². The van der Waals surface area contributed by atoms with Gasteiger partial charge in [-0.1, -0.05) is 42.5 Å². The fraction of sp³-hybridized carbons (Fsp3) is 0.192. The van der Waals surface area contributed by atoms with Crippen molar-refractivity contribution in [2.24, 2.45) is 0 Å². The summed E-state index contributed by atoms with van der Waals surface area (Å²) in [6, 6.07) is 22.4. The standard InChI is InChI=1S/C26H25N3O3/c1-18-16-22-21(10-7-12-24(22)32-18)25(30)29-20(17-19-8-3-2-4-9-19)13-15-28-26(31)23-11-5-6-14-27-23/h2-12,14,16,20H,13,15,17H2,1H3,(H,28,31)(H,29,30). The highest BCUT2D eigenvalue weighted by atomic mass is 16.3. The number of aryl methyl sites for hydroxylation is 1. The molecule has 0 bridgehead atoms. The summed E-state index contributed by atoms with van der Waals surface area (Å²) >= 11 is 0. The van der Waals surface area contributed by atoms with Crippen LogP contribution in [0.4, 0.5) is 0 Å². The van der Waals surface area contributed by atoms with E-state index in [1.165, 1.54) is 0 Å². The van der Waals surface area contributed by atoms with Crippen molar-refractivity contribution >= 4 is 22.8 Å². The monoisotopic (exact) mass is 427 g/mol. The van der Waals surface area contributed by atoms with Gasteiger partial charge in [0.25, 0.3) is 11.8 Å². The number of hydrogen-bond donors (Lipinski definition) is 2. The van der Waals surface area contributed by atoms with Crippen LogP contribution < -0.4 is 10.6 Å². The Labute approximate surface area is 186 Å². The van der Waals surface area contributed by atoms with Crippen molar-refractivity contribution in [2.45, 2.75) is 25.8 Å². The first-order valence-corrected chi connectivity index (χ1v) is 10.6. The number of carbonyl (C=O) groups excluding carboxylic acids is 2. The van der Waals surface area contributed by atoms with E-state index in [1.807, 2.05) is 55.5 Å². The zero-order valence-electron chi connectivity index (χ0n) is 17.9. The molecule has 0 saturated carbocycles. The molecule has 1 unspecified atom stereocenters. The van der Waals surface area contributed by atoms with E-state index >= 15 is 0 Å². The number of pyridine rings is 1. The lowest BCUT2D eigenvalue weighted by Gasteiger charge is -2.19. The van der Waals surface area contributed by atoms with Gasteiger partial charge in [0.1, 0.15) is 17.0 Å². The Kier molecular flexibility index (Phi) is 6.60. The Bertz CT molecular complexity index is 1200. The zero-order valence-corrected chi connectivity index (χ0v) is 17.9. The number of nitrogens with zero attached hydrogens (tertiary/aromatic N) is 1. The Morgan fingerprint density at radius 3 is 2.56 bits per heavy atom. The molecule has 0 aliphatic carbocycles. The van der Waals surface area contributed by atoms with Crippen molar-refractivity contribution in [1.29, 1.82) is 0 Å². The first-order chi connectivity index (χ1) is 15.6. The third-order valence-electron chi connectivity index (χ3n) is 5.27. The maximum atomic E-state index is 13.1. The first-order valence-electron chi connectivity index (χ1n) is 10.6. The minimum absolute atomic E-state index is 0.155. The normalized spacial score (nSPS) is 11.8. The average Bonchev–Trinajstić information content (AvgIpc) is 3.20. The molecule has 0 radical (unpaired) electrons. The third-order valence-corrected chi connectivity index (χ3v) is 5.27. The van der Waals surface area contributed by atoms with Crippen LogP contribution in [0.1, 0.15) is 38.6 Å². The Morgan fingerprint density at radius 2 is 1.78 bits per heavy atom. The van der Waals surface area contributed by atoms with Crippen LogP contribution in [-0.2, 0) is 6.42 Å². The molecule has 1 atom stereocenters. The average molecular weight is 428 g/mol. The van der Waals surface area contributed by atoms with Crippen LogP contribution in [0.25, 0.3) is 11.0 Å². The van der Waals surface area contributed by atoms with Gasteiger partial charge >= 0.3 is 0 Å². The summed E-state index contributed by atoms with van der Waals surface area (Å²) in [5, 5.41) is 6.84. The lowest BCUT2D eigenvalue weighted by atomic mass is 10.0. The molecule has 0 spiro atoms. The fourth-order valence-corrected chi connectivity index (χ4v) is 3.72. The van der Waals surface area contributed by atoms with E-state index in [-0.39, 0.29) is 17.9 Å². The summed E-state index contributed by atoms with van der Waals surface area (Å²) in [5.74, 6) is 0.376. The molecule has 2 aromatic heterocycles. The highest BCUT2D eigenvalue weighted by molar-refractivity contribution is 6.06. The number of benzene rings is 2. The van der Waals surface area contributed by atoms with Gasteiger partial charge in [-0.15, -0.1) is 0 Å². The first kappa shape index (κ1) is 21.3. The number of rotatable bonds is 8. The molecular formula is C26H25N3O3. The number of furan rings is 1. The molecule has 0 saturated heterocycles. The molecule has 2 heterocycles. The molecule has 2 amide bonds. The molecule has 0 fully saturated rings. The van der Waals surface area contributed by atoms with E-state index in [0.29, 0.717) is 36.2 Å². The Balaban J connectivity index is 1.46. The van der Waals surface area contributed by atoms with Gasteiger partial charge in [-0.2, -0.15) is 0 Å². The molecule has 32 heavy (non-hydrogen) atoms. The molecule has 2 N–H and O–H groups in total. The quantitative estimate of drug-likeness (QED) is 0.439. The van der Waals surface area contributed by atoms with Gasteiger partial charge in [0.15, 0.2) is 0 Å². The summed E-state index contributed by atoms with van der Waals surface area (Å²) in [7, 11) is 0. The van der Waals surface area contributed by atoms with Crippen LogP contribution >= 0.6 is 0 Å².